The highest BCUT2D eigenvalue weighted by molar-refractivity contribution is 5.69. The van der Waals surface area contributed by atoms with E-state index in [4.69, 9.17) is 14.2 Å². The molecule has 0 heterocycles. The number of aliphatic hydroxyl groups is 1. The zero-order valence-electron chi connectivity index (χ0n) is 28.2. The van der Waals surface area contributed by atoms with Crippen LogP contribution in [0.3, 0.4) is 0 Å². The predicted molar refractivity (Wildman–Crippen MR) is 173 cm³/mol. The van der Waals surface area contributed by atoms with Crippen molar-refractivity contribution in [2.24, 2.45) is 5.92 Å². The largest absolute Gasteiger partial charge is 0.508 e. The molecule has 0 rings (SSSR count). The van der Waals surface area contributed by atoms with Crippen LogP contribution in [0.15, 0.2) is 0 Å². The zero-order chi connectivity index (χ0) is 31.3. The standard InChI is InChI=1S/C34H68N2O6/c1-6-11-14-16-20-31(19-13-8-3)30-41-33(38)23-18-22-32(21-17-15-12-7-2)42-34(39)40-29-27-36(26-28-37)25-24-35(9-4)10-5/h31-32,37H,6-30H2,1-5H3. The fraction of sp³-hybridized carbons (Fsp3) is 0.941. The van der Waals surface area contributed by atoms with E-state index in [1.54, 1.807) is 0 Å². The molecule has 0 aliphatic carbocycles. The van der Waals surface area contributed by atoms with E-state index in [1.807, 2.05) is 0 Å². The van der Waals surface area contributed by atoms with Crippen LogP contribution in [0.4, 0.5) is 4.79 Å². The quantitative estimate of drug-likeness (QED) is 0.0666. The fourth-order valence-corrected chi connectivity index (χ4v) is 5.21. The van der Waals surface area contributed by atoms with E-state index in [2.05, 4.69) is 44.4 Å². The fourth-order valence-electron chi connectivity index (χ4n) is 5.21. The average molecular weight is 601 g/mol. The van der Waals surface area contributed by atoms with Crippen molar-refractivity contribution in [1.29, 1.82) is 0 Å². The van der Waals surface area contributed by atoms with E-state index >= 15 is 0 Å². The van der Waals surface area contributed by atoms with Gasteiger partial charge in [0, 0.05) is 32.6 Å². The highest BCUT2D eigenvalue weighted by atomic mass is 16.7. The third kappa shape index (κ3) is 24.1. The molecule has 0 saturated heterocycles. The number of esters is 1. The molecule has 42 heavy (non-hydrogen) atoms. The lowest BCUT2D eigenvalue weighted by Crippen LogP contribution is -2.38. The summed E-state index contributed by atoms with van der Waals surface area (Å²) < 4.78 is 16.8. The Morgan fingerprint density at radius 2 is 1.24 bits per heavy atom. The van der Waals surface area contributed by atoms with Gasteiger partial charge in [-0.2, -0.15) is 0 Å². The maximum atomic E-state index is 12.5. The summed E-state index contributed by atoms with van der Waals surface area (Å²) in [7, 11) is 0. The van der Waals surface area contributed by atoms with Crippen molar-refractivity contribution in [3.05, 3.63) is 0 Å². The summed E-state index contributed by atoms with van der Waals surface area (Å²) in [5.41, 5.74) is 0. The van der Waals surface area contributed by atoms with Crippen LogP contribution in [0.25, 0.3) is 0 Å². The van der Waals surface area contributed by atoms with Crippen molar-refractivity contribution in [1.82, 2.24) is 9.80 Å². The Balaban J connectivity index is 4.61. The number of hydrogen-bond donors (Lipinski definition) is 1. The Morgan fingerprint density at radius 3 is 1.86 bits per heavy atom. The van der Waals surface area contributed by atoms with Gasteiger partial charge in [-0.15, -0.1) is 0 Å². The molecule has 0 radical (unpaired) electrons. The number of aliphatic hydroxyl groups excluding tert-OH is 1. The number of carbonyl (C=O) groups excluding carboxylic acids is 2. The second kappa shape index (κ2) is 29.7. The van der Waals surface area contributed by atoms with E-state index < -0.39 is 6.16 Å². The number of nitrogens with zero attached hydrogens (tertiary/aromatic N) is 2. The number of ether oxygens (including phenoxy) is 3. The second-order valence-corrected chi connectivity index (χ2v) is 11.7. The van der Waals surface area contributed by atoms with E-state index in [9.17, 15) is 14.7 Å². The molecule has 1 N–H and O–H groups in total. The lowest BCUT2D eigenvalue weighted by molar-refractivity contribution is -0.145. The highest BCUT2D eigenvalue weighted by Crippen LogP contribution is 2.19. The van der Waals surface area contributed by atoms with Gasteiger partial charge in [0.15, 0.2) is 0 Å². The molecule has 0 amide bonds. The van der Waals surface area contributed by atoms with Gasteiger partial charge in [-0.05, 0) is 57.5 Å². The van der Waals surface area contributed by atoms with Crippen molar-refractivity contribution in [3.8, 4) is 0 Å². The van der Waals surface area contributed by atoms with E-state index in [0.29, 0.717) is 44.9 Å². The summed E-state index contributed by atoms with van der Waals surface area (Å²) in [4.78, 5) is 29.5. The first-order valence-corrected chi connectivity index (χ1v) is 17.5. The lowest BCUT2D eigenvalue weighted by Gasteiger charge is -2.25. The molecule has 0 aromatic rings. The maximum Gasteiger partial charge on any atom is 0.508 e. The number of rotatable bonds is 30. The molecule has 8 heteroatoms. The number of carbonyl (C=O) groups is 2. The van der Waals surface area contributed by atoms with Crippen molar-refractivity contribution >= 4 is 12.1 Å². The number of unbranched alkanes of at least 4 members (excludes halogenated alkanes) is 7. The molecule has 2 unspecified atom stereocenters. The average Bonchev–Trinajstić information content (AvgIpc) is 2.98. The van der Waals surface area contributed by atoms with Crippen molar-refractivity contribution in [2.45, 2.75) is 143 Å². The third-order valence-electron chi connectivity index (χ3n) is 8.13. The van der Waals surface area contributed by atoms with Gasteiger partial charge in [-0.25, -0.2) is 4.79 Å². The maximum absolute atomic E-state index is 12.5. The molecule has 0 bridgehead atoms. The van der Waals surface area contributed by atoms with Crippen LogP contribution < -0.4 is 0 Å². The lowest BCUT2D eigenvalue weighted by atomic mass is 9.96. The van der Waals surface area contributed by atoms with Gasteiger partial charge in [-0.3, -0.25) is 9.69 Å². The van der Waals surface area contributed by atoms with E-state index in [-0.39, 0.29) is 25.3 Å². The Morgan fingerprint density at radius 1 is 0.643 bits per heavy atom. The highest BCUT2D eigenvalue weighted by Gasteiger charge is 2.18. The van der Waals surface area contributed by atoms with Crippen LogP contribution in [-0.4, -0.2) is 92.2 Å². The molecule has 0 spiro atoms. The monoisotopic (exact) mass is 601 g/mol. The van der Waals surface area contributed by atoms with Crippen LogP contribution >= 0.6 is 0 Å². The van der Waals surface area contributed by atoms with Crippen LogP contribution in [-0.2, 0) is 19.0 Å². The molecule has 0 aromatic heterocycles. The first-order valence-electron chi connectivity index (χ1n) is 17.5. The SMILES string of the molecule is CCCCCCC(CCCC)COC(=O)CCCC(CCCCCC)OC(=O)OCCN(CCO)CCN(CC)CC. The third-order valence-corrected chi connectivity index (χ3v) is 8.13. The Kier molecular flexibility index (Phi) is 28.7. The Hall–Kier alpha value is -1.38. The summed E-state index contributed by atoms with van der Waals surface area (Å²) in [5.74, 6) is 0.312. The molecule has 8 nitrogen and oxygen atoms in total. The zero-order valence-corrected chi connectivity index (χ0v) is 28.2. The summed E-state index contributed by atoms with van der Waals surface area (Å²) in [6, 6.07) is 0. The Bertz CT molecular complexity index is 617. The van der Waals surface area contributed by atoms with Gasteiger partial charge in [0.1, 0.15) is 12.7 Å². The molecular formula is C34H68N2O6. The summed E-state index contributed by atoms with van der Waals surface area (Å²) in [6.45, 7) is 16.5. The minimum atomic E-state index is -0.646. The molecule has 0 saturated carbocycles. The van der Waals surface area contributed by atoms with Gasteiger partial charge in [0.05, 0.1) is 13.2 Å². The van der Waals surface area contributed by atoms with Crippen molar-refractivity contribution in [3.63, 3.8) is 0 Å². The van der Waals surface area contributed by atoms with Crippen LogP contribution in [0.5, 0.6) is 0 Å². The van der Waals surface area contributed by atoms with E-state index in [0.717, 1.165) is 71.1 Å². The van der Waals surface area contributed by atoms with Crippen LogP contribution in [0.1, 0.15) is 137 Å². The van der Waals surface area contributed by atoms with Gasteiger partial charge in [-0.1, -0.05) is 92.4 Å². The first kappa shape index (κ1) is 40.6. The number of hydrogen-bond acceptors (Lipinski definition) is 8. The van der Waals surface area contributed by atoms with Crippen molar-refractivity contribution in [2.75, 3.05) is 59.1 Å². The smallest absolute Gasteiger partial charge is 0.465 e. The molecular weight excluding hydrogens is 532 g/mol. The first-order chi connectivity index (χ1) is 20.4. The predicted octanol–water partition coefficient (Wildman–Crippen LogP) is 7.61. The molecule has 0 fully saturated rings. The molecule has 0 aliphatic heterocycles. The summed E-state index contributed by atoms with van der Waals surface area (Å²) in [6.07, 6.45) is 15.5. The topological polar surface area (TPSA) is 88.5 Å². The molecule has 0 aliphatic rings. The summed E-state index contributed by atoms with van der Waals surface area (Å²) >= 11 is 0. The second-order valence-electron chi connectivity index (χ2n) is 11.7. The molecule has 0 aromatic carbocycles. The van der Waals surface area contributed by atoms with Crippen LogP contribution in [0.2, 0.25) is 0 Å². The van der Waals surface area contributed by atoms with Gasteiger partial charge >= 0.3 is 12.1 Å². The minimum Gasteiger partial charge on any atom is -0.465 e. The summed E-state index contributed by atoms with van der Waals surface area (Å²) in [5, 5.41) is 9.41. The van der Waals surface area contributed by atoms with Gasteiger partial charge in [0.2, 0.25) is 0 Å². The van der Waals surface area contributed by atoms with Gasteiger partial charge < -0.3 is 24.2 Å². The van der Waals surface area contributed by atoms with Crippen molar-refractivity contribution < 1.29 is 28.9 Å². The Labute approximate surface area is 259 Å². The van der Waals surface area contributed by atoms with Gasteiger partial charge in [0.25, 0.3) is 0 Å². The normalized spacial score (nSPS) is 13.0. The molecule has 2 atom stereocenters. The van der Waals surface area contributed by atoms with E-state index in [1.165, 1.54) is 38.5 Å². The van der Waals surface area contributed by atoms with Crippen LogP contribution in [0, 0.1) is 5.92 Å². The number of likely N-dealkylation sites (N-methyl/N-ethyl adjacent to an activating group) is 1. The minimum absolute atomic E-state index is 0.0727. The molecule has 250 valence electrons.